The Morgan fingerprint density at radius 2 is 2.00 bits per heavy atom. The number of nitrogens with one attached hydrogen (secondary N) is 1. The van der Waals surface area contributed by atoms with Crippen LogP contribution in [0.4, 0.5) is 0 Å². The maximum absolute atomic E-state index is 13.0. The van der Waals surface area contributed by atoms with Crippen LogP contribution < -0.4 is 10.7 Å². The van der Waals surface area contributed by atoms with Crippen molar-refractivity contribution in [2.75, 3.05) is 13.1 Å². The lowest BCUT2D eigenvalue weighted by Crippen LogP contribution is -2.48. The van der Waals surface area contributed by atoms with Crippen LogP contribution in [0.3, 0.4) is 0 Å². The molecule has 0 aliphatic carbocycles. The fraction of sp³-hybridized carbons (Fsp3) is 0.364. The monoisotopic (exact) mass is 394 g/mol. The Morgan fingerprint density at radius 1 is 1.11 bits per heavy atom. The highest BCUT2D eigenvalue weighted by Crippen LogP contribution is 2.32. The van der Waals surface area contributed by atoms with E-state index in [1.165, 1.54) is 24.9 Å². The van der Waals surface area contributed by atoms with Gasteiger partial charge in [0.2, 0.25) is 0 Å². The van der Waals surface area contributed by atoms with Gasteiger partial charge in [-0.05, 0) is 61.2 Å². The highest BCUT2D eigenvalue weighted by Gasteiger charge is 2.31. The fourth-order valence-corrected chi connectivity index (χ4v) is 5.68. The van der Waals surface area contributed by atoms with E-state index in [-0.39, 0.29) is 11.8 Å². The number of carboxylic acid groups (broad SMARTS) is 1. The van der Waals surface area contributed by atoms with Crippen LogP contribution in [0.15, 0.2) is 41.2 Å². The molecule has 0 saturated carbocycles. The Balaban J connectivity index is 1.54. The van der Waals surface area contributed by atoms with Crippen molar-refractivity contribution < 1.29 is 9.90 Å². The summed E-state index contributed by atoms with van der Waals surface area (Å²) < 4.78 is 1.90. The smallest absolute Gasteiger partial charge is 0.307 e. The van der Waals surface area contributed by atoms with Gasteiger partial charge in [0.15, 0.2) is 5.43 Å². The molecule has 28 heavy (non-hydrogen) atoms. The van der Waals surface area contributed by atoms with E-state index in [2.05, 4.69) is 22.3 Å². The molecule has 2 aliphatic heterocycles. The van der Waals surface area contributed by atoms with Crippen molar-refractivity contribution in [2.24, 2.45) is 0 Å². The van der Waals surface area contributed by atoms with E-state index >= 15 is 0 Å². The molecule has 2 atom stereocenters. The van der Waals surface area contributed by atoms with E-state index < -0.39 is 5.97 Å². The minimum absolute atomic E-state index is 0.0129. The molecule has 144 valence electrons. The zero-order chi connectivity index (χ0) is 19.3. The average Bonchev–Trinajstić information content (AvgIpc) is 3.15. The van der Waals surface area contributed by atoms with Crippen LogP contribution >= 0.6 is 11.3 Å². The lowest BCUT2D eigenvalue weighted by atomic mass is 9.99. The minimum atomic E-state index is -0.887. The predicted octanol–water partition coefficient (Wildman–Crippen LogP) is 3.50. The fourth-order valence-electron chi connectivity index (χ4n) is 4.58. The van der Waals surface area contributed by atoms with Gasteiger partial charge in [-0.3, -0.25) is 19.8 Å². The molecule has 0 amide bonds. The summed E-state index contributed by atoms with van der Waals surface area (Å²) in [7, 11) is 0. The Kier molecular flexibility index (Phi) is 4.42. The number of aliphatic carboxylic acids is 1. The zero-order valence-electron chi connectivity index (χ0n) is 15.5. The van der Waals surface area contributed by atoms with Crippen LogP contribution in [-0.2, 0) is 11.2 Å². The summed E-state index contributed by atoms with van der Waals surface area (Å²) >= 11 is 1.60. The predicted molar refractivity (Wildman–Crippen MR) is 112 cm³/mol. The third kappa shape index (κ3) is 3.11. The van der Waals surface area contributed by atoms with Gasteiger partial charge < -0.3 is 5.11 Å². The Hall–Kier alpha value is -2.28. The van der Waals surface area contributed by atoms with Gasteiger partial charge in [0, 0.05) is 32.8 Å². The zero-order valence-corrected chi connectivity index (χ0v) is 16.3. The highest BCUT2D eigenvalue weighted by molar-refractivity contribution is 7.24. The molecular weight excluding hydrogens is 372 g/mol. The second kappa shape index (κ2) is 6.95. The lowest BCUT2D eigenvalue weighted by molar-refractivity contribution is -0.136. The first-order valence-electron chi connectivity index (χ1n) is 9.80. The number of benzene rings is 2. The van der Waals surface area contributed by atoms with Gasteiger partial charge in [0.25, 0.3) is 0 Å². The van der Waals surface area contributed by atoms with Crippen molar-refractivity contribution in [3.8, 4) is 0 Å². The van der Waals surface area contributed by atoms with Crippen LogP contribution in [0.25, 0.3) is 20.2 Å². The summed E-state index contributed by atoms with van der Waals surface area (Å²) in [6.07, 6.45) is 3.98. The molecule has 2 fully saturated rings. The number of nitrogens with zero attached hydrogens (tertiary/aromatic N) is 1. The molecule has 2 N–H and O–H groups in total. The number of rotatable bonds is 3. The molecule has 5 nitrogen and oxygen atoms in total. The quantitative estimate of drug-likeness (QED) is 0.666. The van der Waals surface area contributed by atoms with Gasteiger partial charge in [0.05, 0.1) is 12.6 Å². The number of hydrogen-bond donors (Lipinski definition) is 2. The molecule has 5 rings (SSSR count). The summed E-state index contributed by atoms with van der Waals surface area (Å²) in [5, 5.41) is 14.1. The van der Waals surface area contributed by atoms with Crippen LogP contribution in [0.5, 0.6) is 0 Å². The molecule has 3 aromatic rings. The SMILES string of the molecule is O=C(O)Cc1ccc2sc3cc(C4CCN5CCCC5N4)ccc3c(=O)c2c1. The van der Waals surface area contributed by atoms with E-state index in [0.29, 0.717) is 28.5 Å². The van der Waals surface area contributed by atoms with Crippen LogP contribution in [0.1, 0.15) is 36.4 Å². The van der Waals surface area contributed by atoms with Crippen molar-refractivity contribution in [3.05, 3.63) is 57.7 Å². The van der Waals surface area contributed by atoms with Crippen LogP contribution in [0.2, 0.25) is 0 Å². The van der Waals surface area contributed by atoms with E-state index in [4.69, 9.17) is 5.11 Å². The topological polar surface area (TPSA) is 69.6 Å². The number of carboxylic acids is 1. The summed E-state index contributed by atoms with van der Waals surface area (Å²) in [6, 6.07) is 11.9. The van der Waals surface area contributed by atoms with Gasteiger partial charge in [-0.1, -0.05) is 12.1 Å². The number of fused-ring (bicyclic) bond motifs is 3. The molecule has 2 saturated heterocycles. The first-order valence-corrected chi connectivity index (χ1v) is 10.6. The van der Waals surface area contributed by atoms with E-state index in [0.717, 1.165) is 22.4 Å². The minimum Gasteiger partial charge on any atom is -0.481 e. The Bertz CT molecular complexity index is 1140. The summed E-state index contributed by atoms with van der Waals surface area (Å²) in [5.41, 5.74) is 1.89. The maximum atomic E-state index is 13.0. The van der Waals surface area contributed by atoms with Gasteiger partial charge in [-0.15, -0.1) is 11.3 Å². The van der Waals surface area contributed by atoms with Crippen molar-refractivity contribution in [2.45, 2.75) is 37.9 Å². The first kappa shape index (κ1) is 17.8. The normalized spacial score (nSPS) is 22.6. The number of hydrogen-bond acceptors (Lipinski definition) is 5. The average molecular weight is 394 g/mol. The lowest BCUT2D eigenvalue weighted by Gasteiger charge is -2.36. The molecule has 2 aliphatic rings. The van der Waals surface area contributed by atoms with Crippen molar-refractivity contribution >= 4 is 37.5 Å². The molecular formula is C22H22N2O3S. The molecule has 0 spiro atoms. The highest BCUT2D eigenvalue weighted by atomic mass is 32.1. The summed E-state index contributed by atoms with van der Waals surface area (Å²) in [4.78, 5) is 26.5. The second-order valence-corrected chi connectivity index (χ2v) is 8.87. The van der Waals surface area contributed by atoms with Crippen LogP contribution in [0, 0.1) is 0 Å². The number of carbonyl (C=O) groups is 1. The van der Waals surface area contributed by atoms with Gasteiger partial charge in [-0.25, -0.2) is 0 Å². The Morgan fingerprint density at radius 3 is 2.86 bits per heavy atom. The van der Waals surface area contributed by atoms with E-state index in [9.17, 15) is 9.59 Å². The molecule has 0 bridgehead atoms. The summed E-state index contributed by atoms with van der Waals surface area (Å²) in [5.74, 6) is -0.887. The third-order valence-corrected chi connectivity index (χ3v) is 7.11. The van der Waals surface area contributed by atoms with Crippen molar-refractivity contribution in [3.63, 3.8) is 0 Å². The molecule has 0 radical (unpaired) electrons. The second-order valence-electron chi connectivity index (χ2n) is 7.79. The van der Waals surface area contributed by atoms with Crippen LogP contribution in [-0.4, -0.2) is 35.2 Å². The molecule has 1 aromatic heterocycles. The summed E-state index contributed by atoms with van der Waals surface area (Å²) in [6.45, 7) is 2.32. The van der Waals surface area contributed by atoms with Crippen molar-refractivity contribution in [1.82, 2.24) is 10.2 Å². The standard InChI is InChI=1S/C22H22N2O3S/c25-21(26)11-13-3-6-18-16(10-13)22(27)15-5-4-14(12-19(15)28-18)17-7-9-24-8-1-2-20(24)23-17/h3-6,10,12,17,20,23H,1-2,7-9,11H2,(H,25,26). The maximum Gasteiger partial charge on any atom is 0.307 e. The molecule has 6 heteroatoms. The van der Waals surface area contributed by atoms with Crippen molar-refractivity contribution in [1.29, 1.82) is 0 Å². The molecule has 3 heterocycles. The van der Waals surface area contributed by atoms with E-state index in [1.807, 2.05) is 12.1 Å². The third-order valence-electron chi connectivity index (χ3n) is 5.98. The first-order chi connectivity index (χ1) is 13.6. The molecule has 2 unspecified atom stereocenters. The van der Waals surface area contributed by atoms with Gasteiger partial charge >= 0.3 is 5.97 Å². The largest absolute Gasteiger partial charge is 0.481 e. The van der Waals surface area contributed by atoms with Gasteiger partial charge in [0.1, 0.15) is 0 Å². The van der Waals surface area contributed by atoms with Gasteiger partial charge in [-0.2, -0.15) is 0 Å². The molecule has 2 aromatic carbocycles. The Labute approximate surface area is 166 Å². The van der Waals surface area contributed by atoms with E-state index in [1.54, 1.807) is 23.5 Å².